The zero-order valence-corrected chi connectivity index (χ0v) is 23.3. The summed E-state index contributed by atoms with van der Waals surface area (Å²) >= 11 is 0. The minimum absolute atomic E-state index is 0.0162. The molecule has 0 amide bonds. The van der Waals surface area contributed by atoms with Crippen LogP contribution in [-0.4, -0.2) is 35.8 Å². The highest BCUT2D eigenvalue weighted by atomic mass is 16.7. The van der Waals surface area contributed by atoms with Crippen molar-refractivity contribution in [1.82, 2.24) is 0 Å². The van der Waals surface area contributed by atoms with Crippen molar-refractivity contribution in [3.63, 3.8) is 0 Å². The van der Waals surface area contributed by atoms with E-state index < -0.39 is 5.97 Å². The molecular formula is C34H34N2O4. The Morgan fingerprint density at radius 1 is 1.15 bits per heavy atom. The molecule has 2 aromatic carbocycles. The first kappa shape index (κ1) is 27.3. The highest BCUT2D eigenvalue weighted by Gasteiger charge is 2.36. The van der Waals surface area contributed by atoms with E-state index in [0.717, 1.165) is 53.8 Å². The lowest BCUT2D eigenvalue weighted by atomic mass is 9.87. The molecule has 6 nitrogen and oxygen atoms in total. The van der Waals surface area contributed by atoms with Crippen LogP contribution in [0.1, 0.15) is 79.4 Å². The van der Waals surface area contributed by atoms with Crippen molar-refractivity contribution in [3.8, 4) is 0 Å². The van der Waals surface area contributed by atoms with Crippen molar-refractivity contribution in [2.75, 3.05) is 11.4 Å². The van der Waals surface area contributed by atoms with Gasteiger partial charge >= 0.3 is 5.97 Å². The molecule has 0 fully saturated rings. The maximum Gasteiger partial charge on any atom is 0.331 e. The largest absolute Gasteiger partial charge is 0.364 e. The number of oxime groups is 1. The van der Waals surface area contributed by atoms with Gasteiger partial charge in [-0.25, -0.2) is 4.79 Å². The lowest BCUT2D eigenvalue weighted by Gasteiger charge is -2.28. The second-order valence-corrected chi connectivity index (χ2v) is 10.5. The van der Waals surface area contributed by atoms with Crippen LogP contribution >= 0.6 is 0 Å². The van der Waals surface area contributed by atoms with Gasteiger partial charge < -0.3 is 9.74 Å². The number of hydrogen-bond donors (Lipinski definition) is 0. The lowest BCUT2D eigenvalue weighted by molar-refractivity contribution is -0.140. The van der Waals surface area contributed by atoms with E-state index in [4.69, 9.17) is 4.84 Å². The first-order chi connectivity index (χ1) is 19.4. The van der Waals surface area contributed by atoms with Crippen molar-refractivity contribution < 1.29 is 19.2 Å². The smallest absolute Gasteiger partial charge is 0.331 e. The van der Waals surface area contributed by atoms with Crippen LogP contribution in [0.2, 0.25) is 0 Å². The van der Waals surface area contributed by atoms with Gasteiger partial charge in [-0.05, 0) is 93.0 Å². The van der Waals surface area contributed by atoms with Gasteiger partial charge in [0.25, 0.3) is 0 Å². The molecule has 0 N–H and O–H groups in total. The zero-order valence-electron chi connectivity index (χ0n) is 23.3. The van der Waals surface area contributed by atoms with E-state index in [9.17, 15) is 14.4 Å². The van der Waals surface area contributed by atoms with E-state index in [-0.39, 0.29) is 23.3 Å². The first-order valence-corrected chi connectivity index (χ1v) is 14.0. The minimum atomic E-state index is -0.563. The number of fused-ring (bicyclic) bond motifs is 3. The second-order valence-electron chi connectivity index (χ2n) is 10.5. The summed E-state index contributed by atoms with van der Waals surface area (Å²) in [5, 5.41) is 3.96. The van der Waals surface area contributed by atoms with Gasteiger partial charge in [-0.1, -0.05) is 35.5 Å². The van der Waals surface area contributed by atoms with Gasteiger partial charge in [0.15, 0.2) is 5.78 Å². The Morgan fingerprint density at radius 2 is 1.98 bits per heavy atom. The lowest BCUT2D eigenvalue weighted by Crippen LogP contribution is -2.32. The van der Waals surface area contributed by atoms with Crippen LogP contribution in [-0.2, 0) is 14.4 Å². The fraction of sp³-hybridized carbons (Fsp3) is 0.324. The molecular weight excluding hydrogens is 500 g/mol. The highest BCUT2D eigenvalue weighted by molar-refractivity contribution is 6.46. The highest BCUT2D eigenvalue weighted by Crippen LogP contribution is 2.45. The molecule has 0 aromatic heterocycles. The number of ketones is 2. The number of carbonyl (C=O) groups excluding carboxylic acids is 3. The Bertz CT molecular complexity index is 1530. The summed E-state index contributed by atoms with van der Waals surface area (Å²) in [6.45, 7) is 6.13. The molecule has 6 heteroatoms. The molecule has 40 heavy (non-hydrogen) atoms. The maximum atomic E-state index is 13.7. The summed E-state index contributed by atoms with van der Waals surface area (Å²) in [4.78, 5) is 45.8. The predicted molar refractivity (Wildman–Crippen MR) is 157 cm³/mol. The second kappa shape index (κ2) is 11.8. The average Bonchev–Trinajstić information content (AvgIpc) is 3.29. The van der Waals surface area contributed by atoms with Gasteiger partial charge in [0.05, 0.1) is 6.04 Å². The number of hydrogen-bond acceptors (Lipinski definition) is 6. The Kier molecular flexibility index (Phi) is 8.09. The zero-order chi connectivity index (χ0) is 28.2. The van der Waals surface area contributed by atoms with E-state index in [0.29, 0.717) is 36.0 Å². The molecule has 1 aliphatic heterocycles. The monoisotopic (exact) mass is 534 g/mol. The van der Waals surface area contributed by atoms with Gasteiger partial charge in [0.1, 0.15) is 5.71 Å². The molecule has 0 saturated carbocycles. The van der Waals surface area contributed by atoms with Gasteiger partial charge in [-0.2, -0.15) is 0 Å². The van der Waals surface area contributed by atoms with E-state index in [2.05, 4.69) is 22.7 Å². The van der Waals surface area contributed by atoms with Crippen LogP contribution in [0.5, 0.6) is 0 Å². The van der Waals surface area contributed by atoms with Crippen LogP contribution in [0.25, 0.3) is 5.57 Å². The topological polar surface area (TPSA) is 76.0 Å². The molecule has 1 unspecified atom stereocenters. The van der Waals surface area contributed by atoms with E-state index >= 15 is 0 Å². The van der Waals surface area contributed by atoms with Crippen LogP contribution < -0.4 is 4.90 Å². The molecule has 0 saturated heterocycles. The fourth-order valence-corrected chi connectivity index (χ4v) is 5.76. The normalized spacial score (nSPS) is 17.9. The van der Waals surface area contributed by atoms with Crippen molar-refractivity contribution in [3.05, 3.63) is 99.8 Å². The summed E-state index contributed by atoms with van der Waals surface area (Å²) in [5.41, 5.74) is 10.5. The summed E-state index contributed by atoms with van der Waals surface area (Å²) < 4.78 is 0. The number of carbonyl (C=O) groups is 3. The minimum Gasteiger partial charge on any atom is -0.364 e. The standard InChI is InChI=1S/C34H34N2O4/c1-4-36-31-18-15-25(33(38)27-13-9-8-10-22(27)2)20-28(31)29-21-26(16-19-32(29)36)34(39)30(35-40-23(3)37)17-14-24-11-6-5-7-12-24/h6,8-10,13,15-16,18,20-21,32H,4-5,7,12,14,17,19H2,1-3H3/b35-30+. The number of benzene rings is 2. The van der Waals surface area contributed by atoms with E-state index in [1.165, 1.54) is 6.92 Å². The van der Waals surface area contributed by atoms with Crippen LogP contribution in [0.4, 0.5) is 5.69 Å². The van der Waals surface area contributed by atoms with E-state index in [1.54, 1.807) is 0 Å². The fourth-order valence-electron chi connectivity index (χ4n) is 5.76. The molecule has 1 heterocycles. The molecule has 0 bridgehead atoms. The van der Waals surface area contributed by atoms with Crippen LogP contribution in [0.15, 0.2) is 82.7 Å². The predicted octanol–water partition coefficient (Wildman–Crippen LogP) is 6.68. The van der Waals surface area contributed by atoms with Crippen molar-refractivity contribution in [1.29, 1.82) is 0 Å². The number of allylic oxidation sites excluding steroid dienone is 3. The summed E-state index contributed by atoms with van der Waals surface area (Å²) in [6.07, 6.45) is 10.6. The summed E-state index contributed by atoms with van der Waals surface area (Å²) in [5.74, 6) is -0.818. The summed E-state index contributed by atoms with van der Waals surface area (Å²) in [6, 6.07) is 13.6. The molecule has 204 valence electrons. The number of rotatable bonds is 9. The van der Waals surface area contributed by atoms with Crippen molar-refractivity contribution >= 4 is 34.5 Å². The van der Waals surface area contributed by atoms with Crippen molar-refractivity contribution in [2.45, 2.75) is 65.3 Å². The van der Waals surface area contributed by atoms with Gasteiger partial charge in [0.2, 0.25) is 5.78 Å². The molecule has 3 aliphatic rings. The number of nitrogens with zero attached hydrogens (tertiary/aromatic N) is 2. The molecule has 0 radical (unpaired) electrons. The Morgan fingerprint density at radius 3 is 2.70 bits per heavy atom. The number of Topliss-reactive ketones (excluding diaryl/α,β-unsaturated/α-hetero) is 1. The molecule has 2 aliphatic carbocycles. The molecule has 0 spiro atoms. The number of likely N-dealkylation sites (N-methyl/N-ethyl adjacent to an activating group) is 1. The maximum absolute atomic E-state index is 13.7. The van der Waals surface area contributed by atoms with Crippen LogP contribution in [0, 0.1) is 6.92 Å². The third kappa shape index (κ3) is 5.54. The average molecular weight is 535 g/mol. The summed E-state index contributed by atoms with van der Waals surface area (Å²) in [7, 11) is 0. The van der Waals surface area contributed by atoms with E-state index in [1.807, 2.05) is 67.6 Å². The first-order valence-electron chi connectivity index (χ1n) is 14.0. The molecule has 5 rings (SSSR count). The Labute approximate surface area is 235 Å². The Hall–Kier alpha value is -4.28. The number of anilines is 1. The van der Waals surface area contributed by atoms with Crippen molar-refractivity contribution in [2.24, 2.45) is 5.16 Å². The van der Waals surface area contributed by atoms with Gasteiger partial charge in [-0.15, -0.1) is 5.73 Å². The quantitative estimate of drug-likeness (QED) is 0.118. The third-order valence-electron chi connectivity index (χ3n) is 7.82. The Balaban J connectivity index is 1.46. The third-order valence-corrected chi connectivity index (χ3v) is 7.82. The van der Waals surface area contributed by atoms with Crippen LogP contribution in [0.3, 0.4) is 0 Å². The van der Waals surface area contributed by atoms with Gasteiger partial charge in [-0.3, -0.25) is 9.59 Å². The number of aryl methyl sites for hydroxylation is 1. The van der Waals surface area contributed by atoms with Gasteiger partial charge in [0, 0.05) is 47.8 Å². The SMILES string of the molecule is CCN1c2ccc(C(=O)c3ccccc3C)cc2C2=CC(C(=O)/C(CCC3=C=CCCC3)=N/OC(C)=O)=CCC21. The molecule has 2 aromatic rings. The molecule has 1 atom stereocenters.